The van der Waals surface area contributed by atoms with E-state index < -0.39 is 9.84 Å². The molecule has 0 bridgehead atoms. The fourth-order valence-corrected chi connectivity index (χ4v) is 4.24. The highest BCUT2D eigenvalue weighted by molar-refractivity contribution is 7.91. The van der Waals surface area contributed by atoms with E-state index in [9.17, 15) is 8.42 Å². The summed E-state index contributed by atoms with van der Waals surface area (Å²) in [6.07, 6.45) is 4.58. The summed E-state index contributed by atoms with van der Waals surface area (Å²) in [5.74, 6) is 1.67. The summed E-state index contributed by atoms with van der Waals surface area (Å²) in [7, 11) is -2.91. The Hall–Kier alpha value is -1.44. The van der Waals surface area contributed by atoms with E-state index >= 15 is 0 Å². The number of sulfone groups is 1. The van der Waals surface area contributed by atoms with Crippen molar-refractivity contribution in [3.8, 4) is 0 Å². The summed E-state index contributed by atoms with van der Waals surface area (Å²) < 4.78 is 23.2. The van der Waals surface area contributed by atoms with E-state index in [2.05, 4.69) is 20.5 Å². The van der Waals surface area contributed by atoms with Crippen molar-refractivity contribution in [3.63, 3.8) is 0 Å². The highest BCUT2D eigenvalue weighted by Gasteiger charge is 2.33. The molecule has 20 heavy (non-hydrogen) atoms. The first kappa shape index (κ1) is 13.5. The number of hydrogen-bond donors (Lipinski definition) is 1. The predicted octanol–water partition coefficient (Wildman–Crippen LogP) is 0.459. The monoisotopic (exact) mass is 297 g/mol. The molecule has 1 aromatic rings. The van der Waals surface area contributed by atoms with E-state index in [1.54, 1.807) is 6.20 Å². The molecule has 1 atom stereocenters. The van der Waals surface area contributed by atoms with Gasteiger partial charge in [0, 0.05) is 18.6 Å². The van der Waals surface area contributed by atoms with Gasteiger partial charge in [-0.25, -0.2) is 8.42 Å². The lowest BCUT2D eigenvalue weighted by atomic mass is 10.2. The summed E-state index contributed by atoms with van der Waals surface area (Å²) in [5.41, 5.74) is 0. The van der Waals surface area contributed by atoms with Gasteiger partial charge in [-0.1, -0.05) is 0 Å². The van der Waals surface area contributed by atoms with Gasteiger partial charge >= 0.3 is 0 Å². The van der Waals surface area contributed by atoms with Gasteiger partial charge in [0.2, 0.25) is 5.95 Å². The van der Waals surface area contributed by atoms with Crippen LogP contribution < -0.4 is 10.2 Å². The summed E-state index contributed by atoms with van der Waals surface area (Å²) >= 11 is 0. The molecule has 1 saturated carbocycles. The van der Waals surface area contributed by atoms with Gasteiger partial charge in [-0.3, -0.25) is 0 Å². The first-order valence-corrected chi connectivity index (χ1v) is 8.83. The number of rotatable bonds is 5. The van der Waals surface area contributed by atoms with Gasteiger partial charge < -0.3 is 10.2 Å². The van der Waals surface area contributed by atoms with Crippen LogP contribution in [0.3, 0.4) is 0 Å². The lowest BCUT2D eigenvalue weighted by Gasteiger charge is -2.26. The standard InChI is InChI=1S/C12H19N5O2S/c1-2-17(10-5-6-20(18,19)8-10)12-15-11(7-13-16-12)14-9-3-4-9/h7,9-10H,2-6,8H2,1H3,(H,14,15,16). The second kappa shape index (κ2) is 5.16. The zero-order valence-electron chi connectivity index (χ0n) is 11.5. The summed E-state index contributed by atoms with van der Waals surface area (Å²) in [6, 6.07) is 0.462. The molecule has 1 aliphatic carbocycles. The third kappa shape index (κ3) is 3.00. The van der Waals surface area contributed by atoms with E-state index in [1.807, 2.05) is 11.8 Å². The van der Waals surface area contributed by atoms with Crippen molar-refractivity contribution in [1.29, 1.82) is 0 Å². The maximum absolute atomic E-state index is 11.6. The molecule has 3 rings (SSSR count). The average Bonchev–Trinajstić information content (AvgIpc) is 3.14. The summed E-state index contributed by atoms with van der Waals surface area (Å²) in [5, 5.41) is 11.3. The van der Waals surface area contributed by atoms with Crippen LogP contribution in [-0.4, -0.2) is 53.7 Å². The highest BCUT2D eigenvalue weighted by atomic mass is 32.2. The zero-order chi connectivity index (χ0) is 14.2. The molecule has 0 amide bonds. The molecule has 0 spiro atoms. The molecular weight excluding hydrogens is 278 g/mol. The Labute approximate surface area is 118 Å². The van der Waals surface area contributed by atoms with E-state index in [-0.39, 0.29) is 17.5 Å². The molecule has 0 radical (unpaired) electrons. The van der Waals surface area contributed by atoms with Crippen LogP contribution >= 0.6 is 0 Å². The lowest BCUT2D eigenvalue weighted by molar-refractivity contribution is 0.598. The Morgan fingerprint density at radius 3 is 2.80 bits per heavy atom. The normalized spacial score (nSPS) is 24.6. The second-order valence-electron chi connectivity index (χ2n) is 5.40. The minimum atomic E-state index is -2.91. The fraction of sp³-hybridized carbons (Fsp3) is 0.750. The van der Waals surface area contributed by atoms with Crippen molar-refractivity contribution in [2.75, 3.05) is 28.3 Å². The largest absolute Gasteiger partial charge is 0.366 e. The van der Waals surface area contributed by atoms with Crippen molar-refractivity contribution in [3.05, 3.63) is 6.20 Å². The van der Waals surface area contributed by atoms with Gasteiger partial charge in [-0.15, -0.1) is 5.10 Å². The second-order valence-corrected chi connectivity index (χ2v) is 7.63. The summed E-state index contributed by atoms with van der Waals surface area (Å²) in [6.45, 7) is 2.66. The summed E-state index contributed by atoms with van der Waals surface area (Å²) in [4.78, 5) is 6.40. The van der Waals surface area contributed by atoms with Crippen LogP contribution in [0, 0.1) is 0 Å². The van der Waals surface area contributed by atoms with Crippen molar-refractivity contribution in [2.45, 2.75) is 38.3 Å². The number of anilines is 2. The molecule has 2 fully saturated rings. The molecular formula is C12H19N5O2S. The van der Waals surface area contributed by atoms with Crippen LogP contribution in [0.5, 0.6) is 0 Å². The maximum Gasteiger partial charge on any atom is 0.247 e. The number of hydrogen-bond acceptors (Lipinski definition) is 7. The SMILES string of the molecule is CCN(c1nncc(NC2CC2)n1)C1CCS(=O)(=O)C1. The molecule has 2 aliphatic rings. The Balaban J connectivity index is 1.78. The van der Waals surface area contributed by atoms with Crippen molar-refractivity contribution >= 4 is 21.6 Å². The Kier molecular flexibility index (Phi) is 3.49. The van der Waals surface area contributed by atoms with Gasteiger partial charge in [0.05, 0.1) is 17.7 Å². The molecule has 1 saturated heterocycles. The molecule has 1 aliphatic heterocycles. The number of nitrogens with zero attached hydrogens (tertiary/aromatic N) is 4. The van der Waals surface area contributed by atoms with Crippen molar-refractivity contribution < 1.29 is 8.42 Å². The Morgan fingerprint density at radius 2 is 2.20 bits per heavy atom. The molecule has 1 unspecified atom stereocenters. The molecule has 1 aromatic heterocycles. The van der Waals surface area contributed by atoms with Gasteiger partial charge in [-0.2, -0.15) is 10.1 Å². The zero-order valence-corrected chi connectivity index (χ0v) is 12.3. The molecule has 0 aromatic carbocycles. The first-order valence-electron chi connectivity index (χ1n) is 7.01. The molecule has 2 heterocycles. The van der Waals surface area contributed by atoms with Gasteiger partial charge in [0.25, 0.3) is 0 Å². The quantitative estimate of drug-likeness (QED) is 0.844. The van der Waals surface area contributed by atoms with E-state index in [0.717, 1.165) is 18.7 Å². The van der Waals surface area contributed by atoms with Crippen molar-refractivity contribution in [1.82, 2.24) is 15.2 Å². The molecule has 1 N–H and O–H groups in total. The van der Waals surface area contributed by atoms with Crippen LogP contribution in [0.1, 0.15) is 26.2 Å². The topological polar surface area (TPSA) is 88.1 Å². The maximum atomic E-state index is 11.6. The average molecular weight is 297 g/mol. The van der Waals surface area contributed by atoms with Gasteiger partial charge in [-0.05, 0) is 26.2 Å². The highest BCUT2D eigenvalue weighted by Crippen LogP contribution is 2.25. The predicted molar refractivity (Wildman–Crippen MR) is 76.6 cm³/mol. The van der Waals surface area contributed by atoms with Crippen LogP contribution in [0.15, 0.2) is 6.20 Å². The Bertz CT molecular complexity index is 587. The minimum Gasteiger partial charge on any atom is -0.366 e. The molecule has 8 heteroatoms. The Morgan fingerprint density at radius 1 is 1.40 bits per heavy atom. The van der Waals surface area contributed by atoms with Crippen LogP contribution in [0.2, 0.25) is 0 Å². The fourth-order valence-electron chi connectivity index (χ4n) is 2.51. The smallest absolute Gasteiger partial charge is 0.247 e. The minimum absolute atomic E-state index is 0.0389. The van der Waals surface area contributed by atoms with E-state index in [4.69, 9.17) is 0 Å². The van der Waals surface area contributed by atoms with Gasteiger partial charge in [0.1, 0.15) is 0 Å². The van der Waals surface area contributed by atoms with E-state index in [0.29, 0.717) is 25.0 Å². The third-order valence-corrected chi connectivity index (χ3v) is 5.47. The lowest BCUT2D eigenvalue weighted by Crippen LogP contribution is -2.37. The number of aromatic nitrogens is 3. The van der Waals surface area contributed by atoms with Crippen molar-refractivity contribution in [2.24, 2.45) is 0 Å². The third-order valence-electron chi connectivity index (χ3n) is 3.72. The van der Waals surface area contributed by atoms with Crippen LogP contribution in [-0.2, 0) is 9.84 Å². The van der Waals surface area contributed by atoms with Gasteiger partial charge in [0.15, 0.2) is 15.7 Å². The first-order chi connectivity index (χ1) is 9.57. The molecule has 7 nitrogen and oxygen atoms in total. The van der Waals surface area contributed by atoms with Crippen LogP contribution in [0.4, 0.5) is 11.8 Å². The number of nitrogens with one attached hydrogen (secondary N) is 1. The van der Waals surface area contributed by atoms with Crippen LogP contribution in [0.25, 0.3) is 0 Å². The van der Waals surface area contributed by atoms with E-state index in [1.165, 1.54) is 0 Å². The molecule has 110 valence electrons.